The third kappa shape index (κ3) is 1.78. The zero-order valence-electron chi connectivity index (χ0n) is 9.26. The van der Waals surface area contributed by atoms with E-state index >= 15 is 0 Å². The number of alkyl halides is 1. The summed E-state index contributed by atoms with van der Waals surface area (Å²) in [6.07, 6.45) is 0. The summed E-state index contributed by atoms with van der Waals surface area (Å²) in [6.45, 7) is 2.35. The highest BCUT2D eigenvalue weighted by Crippen LogP contribution is 2.36. The molecule has 1 aliphatic heterocycles. The molecule has 0 saturated heterocycles. The van der Waals surface area contributed by atoms with Gasteiger partial charge in [0.25, 0.3) is 0 Å². The lowest BCUT2D eigenvalue weighted by Crippen LogP contribution is -2.04. The van der Waals surface area contributed by atoms with Crippen LogP contribution in [0.2, 0.25) is 0 Å². The van der Waals surface area contributed by atoms with Crippen LogP contribution >= 0.6 is 11.6 Å². The highest BCUT2D eigenvalue weighted by atomic mass is 35.5. The van der Waals surface area contributed by atoms with Gasteiger partial charge >= 0.3 is 0 Å². The van der Waals surface area contributed by atoms with E-state index in [2.05, 4.69) is 10.1 Å². The number of hydrogen-bond acceptors (Lipinski definition) is 4. The zero-order valence-corrected chi connectivity index (χ0v) is 10.0. The molecule has 17 heavy (non-hydrogen) atoms. The van der Waals surface area contributed by atoms with Gasteiger partial charge in [-0.05, 0) is 13.0 Å². The molecule has 4 nitrogen and oxygen atoms in total. The van der Waals surface area contributed by atoms with Crippen LogP contribution in [0, 0.1) is 0 Å². The van der Waals surface area contributed by atoms with Gasteiger partial charge in [-0.25, -0.2) is 0 Å². The van der Waals surface area contributed by atoms with E-state index in [0.29, 0.717) is 18.3 Å². The van der Waals surface area contributed by atoms with Crippen molar-refractivity contribution in [2.75, 3.05) is 6.61 Å². The van der Waals surface area contributed by atoms with Crippen LogP contribution in [0.4, 0.5) is 0 Å². The van der Waals surface area contributed by atoms with Gasteiger partial charge < -0.3 is 9.26 Å². The van der Waals surface area contributed by atoms with E-state index in [4.69, 9.17) is 20.9 Å². The highest BCUT2D eigenvalue weighted by molar-refractivity contribution is 6.20. The van der Waals surface area contributed by atoms with E-state index in [9.17, 15) is 0 Å². The molecule has 0 spiro atoms. The second-order valence-electron chi connectivity index (χ2n) is 4.01. The Hall–Kier alpha value is -1.55. The summed E-state index contributed by atoms with van der Waals surface area (Å²) in [7, 11) is 0. The minimum Gasteiger partial charge on any atom is -0.492 e. The van der Waals surface area contributed by atoms with Gasteiger partial charge in [-0.15, -0.1) is 11.6 Å². The number of hydrogen-bond donors (Lipinski definition) is 0. The van der Waals surface area contributed by atoms with Gasteiger partial charge in [-0.1, -0.05) is 23.4 Å². The molecule has 2 unspecified atom stereocenters. The quantitative estimate of drug-likeness (QED) is 0.769. The lowest BCUT2D eigenvalue weighted by atomic mass is 10.0. The molecule has 0 bridgehead atoms. The van der Waals surface area contributed by atoms with Crippen molar-refractivity contribution in [3.05, 3.63) is 41.5 Å². The molecule has 0 aliphatic carbocycles. The molecule has 0 fully saturated rings. The lowest BCUT2D eigenvalue weighted by Gasteiger charge is -2.01. The largest absolute Gasteiger partial charge is 0.492 e. The number of para-hydroxylation sites is 1. The third-order valence-corrected chi connectivity index (χ3v) is 3.00. The van der Waals surface area contributed by atoms with E-state index in [1.165, 1.54) is 0 Å². The number of aromatic nitrogens is 2. The first kappa shape index (κ1) is 10.6. The van der Waals surface area contributed by atoms with E-state index in [1.54, 1.807) is 6.92 Å². The van der Waals surface area contributed by atoms with Gasteiger partial charge in [-0.2, -0.15) is 4.98 Å². The monoisotopic (exact) mass is 250 g/mol. The second kappa shape index (κ2) is 4.04. The molecule has 0 amide bonds. The summed E-state index contributed by atoms with van der Waals surface area (Å²) in [5, 5.41) is 3.70. The summed E-state index contributed by atoms with van der Waals surface area (Å²) in [6, 6.07) is 7.89. The first-order chi connectivity index (χ1) is 8.25. The molecule has 88 valence electrons. The van der Waals surface area contributed by atoms with Crippen LogP contribution in [0.5, 0.6) is 5.75 Å². The van der Waals surface area contributed by atoms with Crippen LogP contribution in [0.3, 0.4) is 0 Å². The summed E-state index contributed by atoms with van der Waals surface area (Å²) in [5.74, 6) is 2.02. The number of fused-ring (bicyclic) bond motifs is 1. The van der Waals surface area contributed by atoms with Crippen LogP contribution in [0.1, 0.15) is 35.5 Å². The summed E-state index contributed by atoms with van der Waals surface area (Å²) in [4.78, 5) is 4.30. The molecule has 2 atom stereocenters. The van der Waals surface area contributed by atoms with Crippen molar-refractivity contribution in [2.24, 2.45) is 0 Å². The van der Waals surface area contributed by atoms with Crippen LogP contribution in [-0.2, 0) is 0 Å². The normalized spacial score (nSPS) is 19.8. The Balaban J connectivity index is 1.95. The Labute approximate surface area is 104 Å². The standard InChI is InChI=1S/C12H11ClN2O2/c1-7(13)12-14-11(15-17-12)9-6-16-10-5-3-2-4-8(9)10/h2-5,7,9H,6H2,1H3. The zero-order chi connectivity index (χ0) is 11.8. The molecule has 2 heterocycles. The number of nitrogens with zero attached hydrogens (tertiary/aromatic N) is 2. The Morgan fingerprint density at radius 1 is 1.41 bits per heavy atom. The molecular weight excluding hydrogens is 240 g/mol. The maximum absolute atomic E-state index is 5.90. The number of ether oxygens (including phenoxy) is 1. The Morgan fingerprint density at radius 3 is 3.00 bits per heavy atom. The van der Waals surface area contributed by atoms with Crippen molar-refractivity contribution in [1.29, 1.82) is 0 Å². The van der Waals surface area contributed by atoms with Crippen LogP contribution in [0.25, 0.3) is 0 Å². The summed E-state index contributed by atoms with van der Waals surface area (Å²) < 4.78 is 10.7. The molecule has 0 N–H and O–H groups in total. The molecule has 1 aliphatic rings. The number of benzene rings is 1. The number of halogens is 1. The van der Waals surface area contributed by atoms with E-state index < -0.39 is 0 Å². The minimum atomic E-state index is -0.270. The van der Waals surface area contributed by atoms with E-state index in [0.717, 1.165) is 11.3 Å². The Kier molecular flexibility index (Phi) is 2.52. The van der Waals surface area contributed by atoms with Crippen molar-refractivity contribution in [3.63, 3.8) is 0 Å². The molecule has 1 aromatic carbocycles. The summed E-state index contributed by atoms with van der Waals surface area (Å²) >= 11 is 5.90. The van der Waals surface area contributed by atoms with Crippen molar-refractivity contribution in [1.82, 2.24) is 10.1 Å². The van der Waals surface area contributed by atoms with Crippen LogP contribution in [0.15, 0.2) is 28.8 Å². The lowest BCUT2D eigenvalue weighted by molar-refractivity contribution is 0.331. The SMILES string of the molecule is CC(Cl)c1nc(C2COc3ccccc32)no1. The fourth-order valence-electron chi connectivity index (χ4n) is 1.93. The second-order valence-corrected chi connectivity index (χ2v) is 4.66. The van der Waals surface area contributed by atoms with Gasteiger partial charge in [0.15, 0.2) is 5.82 Å². The number of rotatable bonds is 2. The van der Waals surface area contributed by atoms with Crippen molar-refractivity contribution < 1.29 is 9.26 Å². The topological polar surface area (TPSA) is 48.2 Å². The Bertz CT molecular complexity index is 539. The molecule has 2 aromatic rings. The van der Waals surface area contributed by atoms with Gasteiger partial charge in [0.1, 0.15) is 17.7 Å². The highest BCUT2D eigenvalue weighted by Gasteiger charge is 2.29. The van der Waals surface area contributed by atoms with Gasteiger partial charge in [0.05, 0.1) is 5.92 Å². The predicted octanol–water partition coefficient (Wildman–Crippen LogP) is 2.89. The smallest absolute Gasteiger partial charge is 0.244 e. The maximum Gasteiger partial charge on any atom is 0.244 e. The van der Waals surface area contributed by atoms with Crippen LogP contribution < -0.4 is 4.74 Å². The van der Waals surface area contributed by atoms with Crippen molar-refractivity contribution in [2.45, 2.75) is 18.2 Å². The van der Waals surface area contributed by atoms with Crippen molar-refractivity contribution >= 4 is 11.6 Å². The Morgan fingerprint density at radius 2 is 2.24 bits per heavy atom. The molecule has 5 heteroatoms. The predicted molar refractivity (Wildman–Crippen MR) is 62.3 cm³/mol. The van der Waals surface area contributed by atoms with Gasteiger partial charge in [0.2, 0.25) is 5.89 Å². The molecule has 1 aromatic heterocycles. The first-order valence-electron chi connectivity index (χ1n) is 5.45. The fraction of sp³-hybridized carbons (Fsp3) is 0.333. The molecule has 0 radical (unpaired) electrons. The fourth-order valence-corrected chi connectivity index (χ4v) is 2.02. The van der Waals surface area contributed by atoms with E-state index in [1.807, 2.05) is 24.3 Å². The average Bonchev–Trinajstić information content (AvgIpc) is 2.95. The van der Waals surface area contributed by atoms with Crippen molar-refractivity contribution in [3.8, 4) is 5.75 Å². The van der Waals surface area contributed by atoms with Crippen LogP contribution in [-0.4, -0.2) is 16.7 Å². The molecular formula is C12H11ClN2O2. The molecule has 0 saturated carbocycles. The minimum absolute atomic E-state index is 0.0408. The maximum atomic E-state index is 5.90. The molecule has 3 rings (SSSR count). The first-order valence-corrected chi connectivity index (χ1v) is 5.88. The third-order valence-electron chi connectivity index (χ3n) is 2.81. The van der Waals surface area contributed by atoms with Gasteiger partial charge in [-0.3, -0.25) is 0 Å². The van der Waals surface area contributed by atoms with E-state index in [-0.39, 0.29) is 11.3 Å². The summed E-state index contributed by atoms with van der Waals surface area (Å²) in [5.41, 5.74) is 1.10. The van der Waals surface area contributed by atoms with Gasteiger partial charge in [0, 0.05) is 5.56 Å². The average molecular weight is 251 g/mol.